The highest BCUT2D eigenvalue weighted by atomic mass is 79.9. The van der Waals surface area contributed by atoms with Crippen molar-refractivity contribution >= 4 is 45.6 Å². The molecule has 1 aromatic rings. The Bertz CT molecular complexity index is 643. The van der Waals surface area contributed by atoms with E-state index in [0.717, 1.165) is 22.3 Å². The van der Waals surface area contributed by atoms with Crippen LogP contribution in [-0.2, 0) is 19.1 Å². The van der Waals surface area contributed by atoms with Crippen LogP contribution in [0.1, 0.15) is 17.7 Å². The van der Waals surface area contributed by atoms with Gasteiger partial charge >= 0.3 is 17.9 Å². The van der Waals surface area contributed by atoms with Crippen molar-refractivity contribution in [2.24, 2.45) is 0 Å². The molecule has 3 N–H and O–H groups in total. The standard InChI is InChI=1S/C16H17BrO7S/c1-2-24-12(18)4-3-9-25-13(10-5-7-11(17)8-6-10)16(23,14(19)20)15(21)22/h3-8,13,23H,2,9H2,1H3,(H,19,20)(H,21,22)/b4-3+. The van der Waals surface area contributed by atoms with Crippen molar-refractivity contribution in [1.82, 2.24) is 0 Å². The molecule has 0 aliphatic carbocycles. The Hall–Kier alpha value is -1.84. The van der Waals surface area contributed by atoms with E-state index in [4.69, 9.17) is 4.74 Å². The molecule has 1 unspecified atom stereocenters. The van der Waals surface area contributed by atoms with Crippen LogP contribution >= 0.6 is 27.7 Å². The molecular weight excluding hydrogens is 416 g/mol. The van der Waals surface area contributed by atoms with Crippen LogP contribution in [0.15, 0.2) is 40.9 Å². The lowest BCUT2D eigenvalue weighted by atomic mass is 9.94. The summed E-state index contributed by atoms with van der Waals surface area (Å²) in [6.07, 6.45) is 2.58. The summed E-state index contributed by atoms with van der Waals surface area (Å²) in [4.78, 5) is 34.1. The minimum atomic E-state index is -3.02. The fourth-order valence-corrected chi connectivity index (χ4v) is 3.35. The van der Waals surface area contributed by atoms with Crippen LogP contribution in [0.5, 0.6) is 0 Å². The summed E-state index contributed by atoms with van der Waals surface area (Å²) in [5.41, 5.74) is -2.69. The molecule has 0 saturated heterocycles. The number of aliphatic hydroxyl groups is 1. The van der Waals surface area contributed by atoms with Crippen molar-refractivity contribution in [3.8, 4) is 0 Å². The van der Waals surface area contributed by atoms with Crippen molar-refractivity contribution in [2.75, 3.05) is 12.4 Å². The number of carbonyl (C=O) groups excluding carboxylic acids is 1. The number of thioether (sulfide) groups is 1. The van der Waals surface area contributed by atoms with E-state index >= 15 is 0 Å². The van der Waals surface area contributed by atoms with Crippen LogP contribution in [-0.4, -0.2) is 51.2 Å². The zero-order chi connectivity index (χ0) is 19.0. The molecule has 0 aliphatic rings. The number of esters is 1. The van der Waals surface area contributed by atoms with Crippen LogP contribution in [0.25, 0.3) is 0 Å². The average molecular weight is 433 g/mol. The average Bonchev–Trinajstić information content (AvgIpc) is 2.55. The third kappa shape index (κ3) is 5.58. The first-order valence-corrected chi connectivity index (χ1v) is 8.97. The van der Waals surface area contributed by atoms with Gasteiger partial charge in [0.15, 0.2) is 0 Å². The second-order valence-corrected chi connectivity index (χ2v) is 6.85. The number of hydrogen-bond acceptors (Lipinski definition) is 6. The van der Waals surface area contributed by atoms with Gasteiger partial charge in [0.1, 0.15) is 0 Å². The smallest absolute Gasteiger partial charge is 0.349 e. The quantitative estimate of drug-likeness (QED) is 0.308. The Balaban J connectivity index is 3.08. The largest absolute Gasteiger partial charge is 0.479 e. The van der Waals surface area contributed by atoms with Gasteiger partial charge in [0.2, 0.25) is 0 Å². The summed E-state index contributed by atoms with van der Waals surface area (Å²) in [6.45, 7) is 1.87. The molecule has 0 aliphatic heterocycles. The number of hydrogen-bond donors (Lipinski definition) is 3. The molecule has 1 rings (SSSR count). The van der Waals surface area contributed by atoms with Crippen LogP contribution in [0, 0.1) is 0 Å². The summed E-state index contributed by atoms with van der Waals surface area (Å²) < 4.78 is 5.43. The number of carbonyl (C=O) groups is 3. The second-order valence-electron chi connectivity index (χ2n) is 4.80. The van der Waals surface area contributed by atoms with E-state index in [2.05, 4.69) is 15.9 Å². The third-order valence-electron chi connectivity index (χ3n) is 3.10. The minimum Gasteiger partial charge on any atom is -0.479 e. The van der Waals surface area contributed by atoms with E-state index in [1.165, 1.54) is 18.2 Å². The molecule has 0 aromatic heterocycles. The lowest BCUT2D eigenvalue weighted by Gasteiger charge is -2.28. The number of aliphatic carboxylic acids is 2. The second kappa shape index (κ2) is 9.59. The molecular formula is C16H17BrO7S. The molecule has 0 radical (unpaired) electrons. The highest BCUT2D eigenvalue weighted by molar-refractivity contribution is 9.10. The summed E-state index contributed by atoms with van der Waals surface area (Å²) in [5.74, 6) is -4.19. The maximum atomic E-state index is 11.4. The maximum Gasteiger partial charge on any atom is 0.349 e. The first-order valence-electron chi connectivity index (χ1n) is 7.13. The molecule has 0 spiro atoms. The number of ether oxygens (including phenoxy) is 1. The van der Waals surface area contributed by atoms with Gasteiger partial charge in [0.25, 0.3) is 5.60 Å². The molecule has 1 atom stereocenters. The third-order valence-corrected chi connectivity index (χ3v) is 4.96. The lowest BCUT2D eigenvalue weighted by molar-refractivity contribution is -0.176. The molecule has 9 heteroatoms. The topological polar surface area (TPSA) is 121 Å². The molecule has 0 bridgehead atoms. The van der Waals surface area contributed by atoms with Crippen molar-refractivity contribution < 1.29 is 34.4 Å². The summed E-state index contributed by atoms with van der Waals surface area (Å²) in [7, 11) is 0. The van der Waals surface area contributed by atoms with E-state index in [1.54, 1.807) is 19.1 Å². The Kier molecular flexibility index (Phi) is 8.14. The van der Waals surface area contributed by atoms with Crippen LogP contribution in [0.3, 0.4) is 0 Å². The van der Waals surface area contributed by atoms with Gasteiger partial charge in [-0.15, -0.1) is 11.8 Å². The number of halogens is 1. The van der Waals surface area contributed by atoms with Crippen LogP contribution in [0.4, 0.5) is 0 Å². The van der Waals surface area contributed by atoms with E-state index in [-0.39, 0.29) is 12.4 Å². The van der Waals surface area contributed by atoms with E-state index in [9.17, 15) is 29.7 Å². The van der Waals surface area contributed by atoms with E-state index < -0.39 is 28.8 Å². The van der Waals surface area contributed by atoms with Crippen molar-refractivity contribution in [3.63, 3.8) is 0 Å². The minimum absolute atomic E-state index is 0.0996. The van der Waals surface area contributed by atoms with E-state index in [1.807, 2.05) is 0 Å². The Morgan fingerprint density at radius 1 is 1.24 bits per heavy atom. The van der Waals surface area contributed by atoms with Crippen molar-refractivity contribution in [3.05, 3.63) is 46.5 Å². The van der Waals surface area contributed by atoms with Gasteiger partial charge in [-0.3, -0.25) is 0 Å². The van der Waals surface area contributed by atoms with Gasteiger partial charge in [0, 0.05) is 16.3 Å². The molecule has 25 heavy (non-hydrogen) atoms. The first-order chi connectivity index (χ1) is 11.7. The fraction of sp³-hybridized carbons (Fsp3) is 0.312. The van der Waals surface area contributed by atoms with Gasteiger partial charge < -0.3 is 20.1 Å². The zero-order valence-electron chi connectivity index (χ0n) is 13.2. The number of carboxylic acid groups (broad SMARTS) is 2. The first kappa shape index (κ1) is 21.2. The Morgan fingerprint density at radius 3 is 2.28 bits per heavy atom. The Labute approximate surface area is 156 Å². The summed E-state index contributed by atoms with van der Waals surface area (Å²) in [5, 5.41) is 27.5. The van der Waals surface area contributed by atoms with Gasteiger partial charge in [-0.2, -0.15) is 0 Å². The number of carboxylic acids is 2. The molecule has 0 heterocycles. The molecule has 7 nitrogen and oxygen atoms in total. The summed E-state index contributed by atoms with van der Waals surface area (Å²) in [6, 6.07) is 6.27. The zero-order valence-corrected chi connectivity index (χ0v) is 15.6. The highest BCUT2D eigenvalue weighted by Crippen LogP contribution is 2.39. The van der Waals surface area contributed by atoms with Gasteiger partial charge in [-0.05, 0) is 24.6 Å². The van der Waals surface area contributed by atoms with Gasteiger partial charge in [-0.25, -0.2) is 14.4 Å². The lowest BCUT2D eigenvalue weighted by Crippen LogP contribution is -2.50. The molecule has 1 aromatic carbocycles. The normalized spacial score (nSPS) is 12.8. The predicted octanol–water partition coefficient (Wildman–Crippen LogP) is 2.24. The molecule has 0 fully saturated rings. The SMILES string of the molecule is CCOC(=O)/C=C/CSC(c1ccc(Br)cc1)C(O)(C(=O)O)C(=O)O. The molecule has 0 amide bonds. The summed E-state index contributed by atoms with van der Waals surface area (Å²) >= 11 is 4.12. The fourth-order valence-electron chi connectivity index (χ4n) is 1.90. The Morgan fingerprint density at radius 2 is 1.80 bits per heavy atom. The van der Waals surface area contributed by atoms with E-state index in [0.29, 0.717) is 5.56 Å². The highest BCUT2D eigenvalue weighted by Gasteiger charge is 2.52. The van der Waals surface area contributed by atoms with Gasteiger partial charge in [-0.1, -0.05) is 34.1 Å². The van der Waals surface area contributed by atoms with Crippen LogP contribution < -0.4 is 0 Å². The monoisotopic (exact) mass is 432 g/mol. The van der Waals surface area contributed by atoms with Crippen molar-refractivity contribution in [2.45, 2.75) is 17.8 Å². The molecule has 0 saturated carbocycles. The maximum absolute atomic E-state index is 11.4. The number of benzene rings is 1. The number of rotatable bonds is 9. The van der Waals surface area contributed by atoms with Crippen molar-refractivity contribution in [1.29, 1.82) is 0 Å². The van der Waals surface area contributed by atoms with Crippen LogP contribution in [0.2, 0.25) is 0 Å². The van der Waals surface area contributed by atoms with Gasteiger partial charge in [0.05, 0.1) is 11.9 Å². The molecule has 136 valence electrons. The predicted molar refractivity (Wildman–Crippen MR) is 95.3 cm³/mol.